The average Bonchev–Trinajstić information content (AvgIpc) is 2.96. The number of rotatable bonds is 7. The minimum absolute atomic E-state index is 0.797. The number of nitrogens with one attached hydrogen (secondary N) is 1. The predicted molar refractivity (Wildman–Crippen MR) is 86.0 cm³/mol. The number of ether oxygens (including phenoxy) is 1. The van der Waals surface area contributed by atoms with Gasteiger partial charge in [-0.15, -0.1) is 11.3 Å². The summed E-state index contributed by atoms with van der Waals surface area (Å²) in [7, 11) is 1.68. The Morgan fingerprint density at radius 3 is 2.50 bits per heavy atom. The van der Waals surface area contributed by atoms with Crippen LogP contribution in [0.1, 0.15) is 18.7 Å². The number of hydrogen-bond donors (Lipinski definition) is 1. The highest BCUT2D eigenvalue weighted by molar-refractivity contribution is 7.15. The Hall–Kier alpha value is -1.75. The number of benzene rings is 1. The summed E-state index contributed by atoms with van der Waals surface area (Å²) in [6, 6.07) is 7.95. The molecule has 0 saturated heterocycles. The van der Waals surface area contributed by atoms with E-state index in [1.165, 1.54) is 4.88 Å². The lowest BCUT2D eigenvalue weighted by atomic mass is 10.3. The van der Waals surface area contributed by atoms with Crippen molar-refractivity contribution in [3.63, 3.8) is 0 Å². The van der Waals surface area contributed by atoms with Gasteiger partial charge in [-0.1, -0.05) is 0 Å². The molecule has 0 saturated carbocycles. The number of methoxy groups -OCH3 is 1. The third kappa shape index (κ3) is 3.63. The molecule has 0 bridgehead atoms. The molecule has 0 aliphatic carbocycles. The van der Waals surface area contributed by atoms with E-state index in [0.29, 0.717) is 0 Å². The topological polar surface area (TPSA) is 37.4 Å². The molecule has 1 aromatic heterocycles. The highest BCUT2D eigenvalue weighted by Crippen LogP contribution is 2.23. The van der Waals surface area contributed by atoms with E-state index < -0.39 is 0 Å². The zero-order chi connectivity index (χ0) is 14.4. The fourth-order valence-electron chi connectivity index (χ4n) is 1.92. The van der Waals surface area contributed by atoms with Gasteiger partial charge in [0, 0.05) is 29.9 Å². The highest BCUT2D eigenvalue weighted by Gasteiger charge is 2.07. The second-order valence-electron chi connectivity index (χ2n) is 4.36. The average molecular weight is 291 g/mol. The molecule has 2 aromatic rings. The first-order valence-electron chi connectivity index (χ1n) is 6.84. The van der Waals surface area contributed by atoms with E-state index in [-0.39, 0.29) is 0 Å². The van der Waals surface area contributed by atoms with Crippen molar-refractivity contribution in [2.24, 2.45) is 0 Å². The van der Waals surface area contributed by atoms with Crippen LogP contribution in [-0.2, 0) is 6.54 Å². The van der Waals surface area contributed by atoms with Crippen molar-refractivity contribution in [2.75, 3.05) is 30.4 Å². The Kier molecular flexibility index (Phi) is 5.24. The van der Waals surface area contributed by atoms with Gasteiger partial charge < -0.3 is 15.0 Å². The van der Waals surface area contributed by atoms with Crippen LogP contribution in [0, 0.1) is 0 Å². The number of anilines is 2. The van der Waals surface area contributed by atoms with Gasteiger partial charge in [-0.25, -0.2) is 4.98 Å². The van der Waals surface area contributed by atoms with Crippen LogP contribution in [0.4, 0.5) is 10.8 Å². The van der Waals surface area contributed by atoms with Crippen molar-refractivity contribution in [3.05, 3.63) is 35.3 Å². The molecule has 0 aliphatic rings. The van der Waals surface area contributed by atoms with E-state index in [2.05, 4.69) is 29.0 Å². The normalized spacial score (nSPS) is 10.3. The molecular weight excluding hydrogens is 270 g/mol. The Morgan fingerprint density at radius 1 is 1.20 bits per heavy atom. The van der Waals surface area contributed by atoms with Crippen molar-refractivity contribution in [1.82, 2.24) is 4.98 Å². The third-order valence-corrected chi connectivity index (χ3v) is 4.19. The van der Waals surface area contributed by atoms with Crippen LogP contribution in [0.15, 0.2) is 30.5 Å². The van der Waals surface area contributed by atoms with E-state index in [4.69, 9.17) is 4.74 Å². The van der Waals surface area contributed by atoms with Crippen molar-refractivity contribution in [2.45, 2.75) is 20.4 Å². The van der Waals surface area contributed by atoms with Crippen LogP contribution in [0.25, 0.3) is 0 Å². The lowest BCUT2D eigenvalue weighted by Gasteiger charge is -2.16. The largest absolute Gasteiger partial charge is 0.497 e. The van der Waals surface area contributed by atoms with Gasteiger partial charge in [-0.2, -0.15) is 0 Å². The molecule has 0 atom stereocenters. The molecule has 0 unspecified atom stereocenters. The number of aromatic nitrogens is 1. The van der Waals surface area contributed by atoms with E-state index in [1.54, 1.807) is 18.4 Å². The van der Waals surface area contributed by atoms with E-state index in [9.17, 15) is 0 Å². The molecule has 0 radical (unpaired) electrons. The van der Waals surface area contributed by atoms with Crippen LogP contribution >= 0.6 is 11.3 Å². The van der Waals surface area contributed by atoms with Crippen LogP contribution < -0.4 is 15.0 Å². The van der Waals surface area contributed by atoms with E-state index in [1.807, 2.05) is 30.5 Å². The Balaban J connectivity index is 1.93. The Morgan fingerprint density at radius 2 is 1.90 bits per heavy atom. The van der Waals surface area contributed by atoms with Crippen molar-refractivity contribution >= 4 is 22.2 Å². The van der Waals surface area contributed by atoms with Gasteiger partial charge in [0.15, 0.2) is 5.13 Å². The molecule has 5 heteroatoms. The Bertz CT molecular complexity index is 520. The molecule has 1 heterocycles. The van der Waals surface area contributed by atoms with Crippen LogP contribution in [0.5, 0.6) is 5.75 Å². The second-order valence-corrected chi connectivity index (χ2v) is 5.46. The summed E-state index contributed by atoms with van der Waals surface area (Å²) >= 11 is 1.74. The zero-order valence-corrected chi connectivity index (χ0v) is 13.0. The zero-order valence-electron chi connectivity index (χ0n) is 12.2. The number of thiazole rings is 1. The SMILES string of the molecule is CCN(CC)c1ncc(CNc2ccc(OC)cc2)s1. The minimum atomic E-state index is 0.797. The summed E-state index contributed by atoms with van der Waals surface area (Å²) in [5.74, 6) is 0.872. The highest BCUT2D eigenvalue weighted by atomic mass is 32.1. The standard InChI is InChI=1S/C15H21N3OS/c1-4-18(5-2)15-17-11-14(20-15)10-16-12-6-8-13(19-3)9-7-12/h6-9,11,16H,4-5,10H2,1-3H3. The van der Waals surface area contributed by atoms with Gasteiger partial charge in [0.2, 0.25) is 0 Å². The maximum absolute atomic E-state index is 5.15. The summed E-state index contributed by atoms with van der Waals surface area (Å²) in [5.41, 5.74) is 1.09. The summed E-state index contributed by atoms with van der Waals surface area (Å²) < 4.78 is 5.15. The predicted octanol–water partition coefficient (Wildman–Crippen LogP) is 3.61. The summed E-state index contributed by atoms with van der Waals surface area (Å²) in [6.45, 7) is 7.09. The van der Waals surface area contributed by atoms with Crippen LogP contribution in [0.2, 0.25) is 0 Å². The minimum Gasteiger partial charge on any atom is -0.497 e. The van der Waals surface area contributed by atoms with Gasteiger partial charge in [0.25, 0.3) is 0 Å². The maximum Gasteiger partial charge on any atom is 0.185 e. The van der Waals surface area contributed by atoms with Crippen molar-refractivity contribution in [1.29, 1.82) is 0 Å². The van der Waals surface area contributed by atoms with Crippen molar-refractivity contribution in [3.8, 4) is 5.75 Å². The number of nitrogens with zero attached hydrogens (tertiary/aromatic N) is 2. The first-order chi connectivity index (χ1) is 9.76. The van der Waals surface area contributed by atoms with E-state index >= 15 is 0 Å². The van der Waals surface area contributed by atoms with Gasteiger partial charge in [-0.05, 0) is 38.1 Å². The fourth-order valence-corrected chi connectivity index (χ4v) is 2.89. The van der Waals surface area contributed by atoms with Gasteiger partial charge in [-0.3, -0.25) is 0 Å². The third-order valence-electron chi connectivity index (χ3n) is 3.13. The van der Waals surface area contributed by atoms with Gasteiger partial charge in [0.1, 0.15) is 5.75 Å². The molecular formula is C15H21N3OS. The molecule has 1 N–H and O–H groups in total. The van der Waals surface area contributed by atoms with Crippen LogP contribution in [0.3, 0.4) is 0 Å². The molecule has 20 heavy (non-hydrogen) atoms. The molecule has 0 amide bonds. The fraction of sp³-hybridized carbons (Fsp3) is 0.400. The Labute approximate surface area is 124 Å². The first kappa shape index (κ1) is 14.7. The smallest absolute Gasteiger partial charge is 0.185 e. The molecule has 0 aliphatic heterocycles. The molecule has 4 nitrogen and oxygen atoms in total. The molecule has 1 aromatic carbocycles. The summed E-state index contributed by atoms with van der Waals surface area (Å²) in [4.78, 5) is 7.99. The maximum atomic E-state index is 5.15. The first-order valence-corrected chi connectivity index (χ1v) is 7.66. The lowest BCUT2D eigenvalue weighted by molar-refractivity contribution is 0.415. The number of hydrogen-bond acceptors (Lipinski definition) is 5. The van der Waals surface area contributed by atoms with Crippen LogP contribution in [-0.4, -0.2) is 25.2 Å². The summed E-state index contributed by atoms with van der Waals surface area (Å²) in [6.07, 6.45) is 1.95. The molecule has 2 rings (SSSR count). The molecule has 0 fully saturated rings. The quantitative estimate of drug-likeness (QED) is 0.845. The monoisotopic (exact) mass is 291 g/mol. The summed E-state index contributed by atoms with van der Waals surface area (Å²) in [5, 5.41) is 4.50. The lowest BCUT2D eigenvalue weighted by Crippen LogP contribution is -2.21. The second kappa shape index (κ2) is 7.14. The molecule has 108 valence electrons. The molecule has 0 spiro atoms. The van der Waals surface area contributed by atoms with Crippen molar-refractivity contribution < 1.29 is 4.74 Å². The van der Waals surface area contributed by atoms with Gasteiger partial charge >= 0.3 is 0 Å². The van der Waals surface area contributed by atoms with E-state index in [0.717, 1.165) is 36.2 Å². The van der Waals surface area contributed by atoms with Gasteiger partial charge in [0.05, 0.1) is 13.7 Å².